The molecule has 9 nitrogen and oxygen atoms in total. The third-order valence-corrected chi connectivity index (χ3v) is 7.32. The van der Waals surface area contributed by atoms with Gasteiger partial charge in [-0.25, -0.2) is 15.1 Å². The van der Waals surface area contributed by atoms with Crippen LogP contribution in [-0.2, 0) is 25.7 Å². The Hall–Kier alpha value is -4.21. The zero-order valence-electron chi connectivity index (χ0n) is 22.3. The van der Waals surface area contributed by atoms with Gasteiger partial charge in [0.15, 0.2) is 6.10 Å². The third-order valence-electron chi connectivity index (χ3n) is 7.32. The number of benzene rings is 3. The van der Waals surface area contributed by atoms with Crippen molar-refractivity contribution in [3.63, 3.8) is 0 Å². The maximum absolute atomic E-state index is 13.1. The predicted octanol–water partition coefficient (Wildman–Crippen LogP) is 3.94. The zero-order chi connectivity index (χ0) is 28.1. The Labute approximate surface area is 233 Å². The molecular formula is C31H33N3O6. The first kappa shape index (κ1) is 27.4. The molecule has 0 spiro atoms. The Kier molecular flexibility index (Phi) is 8.42. The molecule has 0 aliphatic heterocycles. The normalized spacial score (nSPS) is 15.6. The molecular weight excluding hydrogens is 510 g/mol. The fourth-order valence-corrected chi connectivity index (χ4v) is 5.19. The number of amides is 2. The van der Waals surface area contributed by atoms with Gasteiger partial charge in [0.25, 0.3) is 5.91 Å². The number of carbonyl (C=O) groups excluding carboxylic acids is 2. The van der Waals surface area contributed by atoms with E-state index in [0.717, 1.165) is 40.7 Å². The van der Waals surface area contributed by atoms with Crippen LogP contribution in [0.15, 0.2) is 78.9 Å². The molecule has 40 heavy (non-hydrogen) atoms. The highest BCUT2D eigenvalue weighted by Gasteiger charge is 2.39. The van der Waals surface area contributed by atoms with Gasteiger partial charge in [-0.05, 0) is 53.6 Å². The number of carbonyl (C=O) groups is 3. The van der Waals surface area contributed by atoms with Crippen molar-refractivity contribution in [3.8, 4) is 11.1 Å². The minimum Gasteiger partial charge on any atom is -0.479 e. The molecule has 0 saturated heterocycles. The molecule has 3 aromatic carbocycles. The van der Waals surface area contributed by atoms with Gasteiger partial charge < -0.3 is 15.2 Å². The number of hydrogen-bond donors (Lipinski definition) is 3. The smallest absolute Gasteiger partial charge is 0.407 e. The number of carboxylic acid groups (broad SMARTS) is 1. The number of fused-ring (bicyclic) bond motifs is 3. The van der Waals surface area contributed by atoms with Gasteiger partial charge in [-0.3, -0.25) is 14.5 Å². The maximum atomic E-state index is 13.1. The van der Waals surface area contributed by atoms with Crippen molar-refractivity contribution in [2.75, 3.05) is 20.2 Å². The fraction of sp³-hybridized carbons (Fsp3) is 0.323. The lowest BCUT2D eigenvalue weighted by molar-refractivity contribution is -0.163. The lowest BCUT2D eigenvalue weighted by atomic mass is 9.98. The standard InChI is InChI=1S/C31H33N3O6/c1-34(17-20-9-3-2-4-10-20)18-27(29(35)33-40-28(30(36)37)21-15-16-21)32-31(38)39-19-26-24-13-7-5-11-22(24)23-12-6-8-14-25(23)26/h2-14,21,26-28H,15-19H2,1H3,(H,32,38)(H,33,35)(H,36,37). The molecule has 1 fully saturated rings. The summed E-state index contributed by atoms with van der Waals surface area (Å²) in [6, 6.07) is 24.8. The van der Waals surface area contributed by atoms with E-state index in [2.05, 4.69) is 22.9 Å². The van der Waals surface area contributed by atoms with Crippen LogP contribution < -0.4 is 10.8 Å². The summed E-state index contributed by atoms with van der Waals surface area (Å²) in [5, 5.41) is 12.1. The van der Waals surface area contributed by atoms with E-state index in [9.17, 15) is 19.5 Å². The molecule has 9 heteroatoms. The van der Waals surface area contributed by atoms with Crippen molar-refractivity contribution in [3.05, 3.63) is 95.6 Å². The summed E-state index contributed by atoms with van der Waals surface area (Å²) in [4.78, 5) is 44.8. The molecule has 0 heterocycles. The van der Waals surface area contributed by atoms with Gasteiger partial charge in [0.1, 0.15) is 12.6 Å². The van der Waals surface area contributed by atoms with E-state index in [-0.39, 0.29) is 25.0 Å². The van der Waals surface area contributed by atoms with Crippen LogP contribution >= 0.6 is 0 Å². The van der Waals surface area contributed by atoms with Gasteiger partial charge >= 0.3 is 12.1 Å². The second-order valence-corrected chi connectivity index (χ2v) is 10.4. The summed E-state index contributed by atoms with van der Waals surface area (Å²) < 4.78 is 5.65. The molecule has 208 valence electrons. The number of alkyl carbamates (subject to hydrolysis) is 1. The molecule has 3 N–H and O–H groups in total. The van der Waals surface area contributed by atoms with Crippen LogP contribution in [0.25, 0.3) is 11.1 Å². The number of nitrogens with one attached hydrogen (secondary N) is 2. The highest BCUT2D eigenvalue weighted by molar-refractivity contribution is 5.85. The molecule has 2 amide bonds. The lowest BCUT2D eigenvalue weighted by Crippen LogP contribution is -2.53. The summed E-state index contributed by atoms with van der Waals surface area (Å²) in [7, 11) is 1.83. The van der Waals surface area contributed by atoms with E-state index in [4.69, 9.17) is 9.57 Å². The van der Waals surface area contributed by atoms with Gasteiger partial charge in [-0.1, -0.05) is 78.9 Å². The highest BCUT2D eigenvalue weighted by atomic mass is 16.7. The Morgan fingerprint density at radius 1 is 0.925 bits per heavy atom. The Morgan fingerprint density at radius 2 is 1.52 bits per heavy atom. The Bertz CT molecular complexity index is 1310. The molecule has 1 saturated carbocycles. The quantitative estimate of drug-likeness (QED) is 0.296. The molecule has 0 radical (unpaired) electrons. The Morgan fingerprint density at radius 3 is 2.12 bits per heavy atom. The zero-order valence-corrected chi connectivity index (χ0v) is 22.3. The molecule has 2 atom stereocenters. The number of rotatable bonds is 12. The largest absolute Gasteiger partial charge is 0.479 e. The van der Waals surface area contributed by atoms with Gasteiger partial charge in [0.05, 0.1) is 0 Å². The summed E-state index contributed by atoms with van der Waals surface area (Å²) in [6.07, 6.45) is -0.407. The molecule has 5 rings (SSSR count). The fourth-order valence-electron chi connectivity index (χ4n) is 5.19. The van der Waals surface area contributed by atoms with Crippen molar-refractivity contribution in [2.45, 2.75) is 37.5 Å². The molecule has 2 aliphatic carbocycles. The van der Waals surface area contributed by atoms with Crippen molar-refractivity contribution in [1.82, 2.24) is 15.7 Å². The van der Waals surface area contributed by atoms with Crippen molar-refractivity contribution < 1.29 is 29.1 Å². The summed E-state index contributed by atoms with van der Waals surface area (Å²) in [5.74, 6) is -2.04. The van der Waals surface area contributed by atoms with Gasteiger partial charge in [0, 0.05) is 19.0 Å². The molecule has 2 aliphatic rings. The monoisotopic (exact) mass is 543 g/mol. The van der Waals surface area contributed by atoms with Crippen LogP contribution in [-0.4, -0.2) is 60.3 Å². The van der Waals surface area contributed by atoms with E-state index in [1.54, 1.807) is 0 Å². The van der Waals surface area contributed by atoms with Crippen LogP contribution in [0, 0.1) is 5.92 Å². The number of hydroxylamine groups is 1. The van der Waals surface area contributed by atoms with Crippen molar-refractivity contribution >= 4 is 18.0 Å². The summed E-state index contributed by atoms with van der Waals surface area (Å²) in [6.45, 7) is 0.792. The summed E-state index contributed by atoms with van der Waals surface area (Å²) >= 11 is 0. The van der Waals surface area contributed by atoms with E-state index in [0.29, 0.717) is 6.54 Å². The number of aliphatic carboxylic acids is 1. The average molecular weight is 544 g/mol. The third kappa shape index (κ3) is 6.50. The number of hydrogen-bond acceptors (Lipinski definition) is 6. The number of ether oxygens (including phenoxy) is 1. The van der Waals surface area contributed by atoms with Gasteiger partial charge in [-0.15, -0.1) is 0 Å². The molecule has 0 bridgehead atoms. The van der Waals surface area contributed by atoms with Crippen LogP contribution in [0.1, 0.15) is 35.4 Å². The number of carboxylic acids is 1. The number of nitrogens with zero attached hydrogens (tertiary/aromatic N) is 1. The highest BCUT2D eigenvalue weighted by Crippen LogP contribution is 2.44. The minimum absolute atomic E-state index is 0.104. The van der Waals surface area contributed by atoms with Crippen LogP contribution in [0.2, 0.25) is 0 Å². The second-order valence-electron chi connectivity index (χ2n) is 10.4. The number of likely N-dealkylation sites (N-methyl/N-ethyl adjacent to an activating group) is 1. The first-order valence-electron chi connectivity index (χ1n) is 13.4. The first-order chi connectivity index (χ1) is 19.4. The average Bonchev–Trinajstić information content (AvgIpc) is 3.74. The predicted molar refractivity (Wildman–Crippen MR) is 148 cm³/mol. The lowest BCUT2D eigenvalue weighted by Gasteiger charge is -2.25. The molecule has 0 aromatic heterocycles. The maximum Gasteiger partial charge on any atom is 0.407 e. The topological polar surface area (TPSA) is 117 Å². The van der Waals surface area contributed by atoms with Crippen LogP contribution in [0.4, 0.5) is 4.79 Å². The van der Waals surface area contributed by atoms with Crippen LogP contribution in [0.3, 0.4) is 0 Å². The van der Waals surface area contributed by atoms with Crippen molar-refractivity contribution in [1.29, 1.82) is 0 Å². The van der Waals surface area contributed by atoms with E-state index < -0.39 is 30.1 Å². The van der Waals surface area contributed by atoms with Gasteiger partial charge in [0.2, 0.25) is 0 Å². The molecule has 2 unspecified atom stereocenters. The van der Waals surface area contributed by atoms with Gasteiger partial charge in [-0.2, -0.15) is 0 Å². The second kappa shape index (κ2) is 12.3. The molecule has 3 aromatic rings. The van der Waals surface area contributed by atoms with E-state index in [1.165, 1.54) is 0 Å². The Balaban J connectivity index is 1.24. The van der Waals surface area contributed by atoms with Crippen LogP contribution in [0.5, 0.6) is 0 Å². The van der Waals surface area contributed by atoms with Crippen molar-refractivity contribution in [2.24, 2.45) is 5.92 Å². The first-order valence-corrected chi connectivity index (χ1v) is 13.4. The van der Waals surface area contributed by atoms with E-state index in [1.807, 2.05) is 78.7 Å². The minimum atomic E-state index is -1.13. The van der Waals surface area contributed by atoms with E-state index >= 15 is 0 Å². The summed E-state index contributed by atoms with van der Waals surface area (Å²) in [5.41, 5.74) is 7.72. The SMILES string of the molecule is CN(Cc1ccccc1)CC(NC(=O)OCC1c2ccccc2-c2ccccc21)C(=O)NOC(C(=O)O)C1CC1.